The van der Waals surface area contributed by atoms with E-state index in [1.54, 1.807) is 13.4 Å². The van der Waals surface area contributed by atoms with Crippen LogP contribution in [0, 0.1) is 0 Å². The second-order valence-electron chi connectivity index (χ2n) is 4.71. The van der Waals surface area contributed by atoms with Crippen molar-refractivity contribution in [2.45, 2.75) is 25.8 Å². The molecule has 0 amide bonds. The minimum Gasteiger partial charge on any atom is -0.497 e. The Morgan fingerprint density at radius 1 is 1.25 bits per heavy atom. The van der Waals surface area contributed by atoms with Crippen LogP contribution in [0.3, 0.4) is 0 Å². The first-order valence-electron chi connectivity index (χ1n) is 6.83. The monoisotopic (exact) mass is 293 g/mol. The predicted molar refractivity (Wildman–Crippen MR) is 81.5 cm³/mol. The zero-order chi connectivity index (χ0) is 14.4. The van der Waals surface area contributed by atoms with Crippen molar-refractivity contribution in [1.29, 1.82) is 0 Å². The Morgan fingerprint density at radius 2 is 2.00 bits per heavy atom. The van der Waals surface area contributed by atoms with E-state index >= 15 is 0 Å². The lowest BCUT2D eigenvalue weighted by Crippen LogP contribution is -2.24. The fourth-order valence-electron chi connectivity index (χ4n) is 2.16. The van der Waals surface area contributed by atoms with Crippen LogP contribution < -0.4 is 10.1 Å². The summed E-state index contributed by atoms with van der Waals surface area (Å²) in [5.74, 6) is 0.869. The van der Waals surface area contributed by atoms with Gasteiger partial charge in [-0.25, -0.2) is 0 Å². The van der Waals surface area contributed by atoms with Gasteiger partial charge in [0.05, 0.1) is 13.4 Å². The lowest BCUT2D eigenvalue weighted by Gasteiger charge is -2.18. The number of hydrogen-bond donors (Lipinski definition) is 1. The summed E-state index contributed by atoms with van der Waals surface area (Å²) in [5.41, 5.74) is 2.24. The molecule has 1 atom stereocenters. The second-order valence-corrected chi connectivity index (χ2v) is 5.05. The van der Waals surface area contributed by atoms with E-state index in [0.717, 1.165) is 30.7 Å². The molecule has 0 spiro atoms. The molecule has 0 radical (unpaired) electrons. The fraction of sp³-hybridized carbons (Fsp3) is 0.375. The van der Waals surface area contributed by atoms with Crippen LogP contribution in [0.1, 0.15) is 30.5 Å². The minimum atomic E-state index is 0.162. The Balaban J connectivity index is 2.12. The Hall–Kier alpha value is -1.45. The summed E-state index contributed by atoms with van der Waals surface area (Å²) >= 11 is 6.10. The molecule has 0 fully saturated rings. The minimum absolute atomic E-state index is 0.162. The van der Waals surface area contributed by atoms with Gasteiger partial charge in [0.15, 0.2) is 5.22 Å². The zero-order valence-electron chi connectivity index (χ0n) is 11.9. The van der Waals surface area contributed by atoms with Gasteiger partial charge in [-0.15, -0.1) is 0 Å². The molecule has 2 aromatic rings. The van der Waals surface area contributed by atoms with E-state index in [0.29, 0.717) is 5.22 Å². The number of halogens is 1. The van der Waals surface area contributed by atoms with Gasteiger partial charge in [-0.2, -0.15) is 0 Å². The first-order valence-corrected chi connectivity index (χ1v) is 7.21. The van der Waals surface area contributed by atoms with Gasteiger partial charge in [-0.1, -0.05) is 19.1 Å². The van der Waals surface area contributed by atoms with Crippen LogP contribution in [0.5, 0.6) is 5.75 Å². The van der Waals surface area contributed by atoms with E-state index in [1.807, 2.05) is 18.2 Å². The number of nitrogens with one attached hydrogen (secondary N) is 1. The number of hydrogen-bond acceptors (Lipinski definition) is 3. The molecule has 20 heavy (non-hydrogen) atoms. The van der Waals surface area contributed by atoms with Crippen molar-refractivity contribution in [3.05, 3.63) is 52.9 Å². The first-order chi connectivity index (χ1) is 9.74. The van der Waals surface area contributed by atoms with Crippen molar-refractivity contribution in [1.82, 2.24) is 5.32 Å². The van der Waals surface area contributed by atoms with Crippen LogP contribution in [0.15, 0.2) is 41.0 Å². The third-order valence-corrected chi connectivity index (χ3v) is 3.57. The normalized spacial score (nSPS) is 12.3. The van der Waals surface area contributed by atoms with Gasteiger partial charge in [0.2, 0.25) is 0 Å². The summed E-state index contributed by atoms with van der Waals surface area (Å²) in [6.45, 7) is 3.09. The molecule has 3 nitrogen and oxygen atoms in total. The summed E-state index contributed by atoms with van der Waals surface area (Å²) in [7, 11) is 1.67. The van der Waals surface area contributed by atoms with Crippen molar-refractivity contribution in [2.75, 3.05) is 13.7 Å². The molecule has 0 saturated carbocycles. The highest BCUT2D eigenvalue weighted by atomic mass is 35.5. The van der Waals surface area contributed by atoms with E-state index in [9.17, 15) is 0 Å². The van der Waals surface area contributed by atoms with Crippen molar-refractivity contribution in [2.24, 2.45) is 0 Å². The predicted octanol–water partition coefficient (Wildman–Crippen LogP) is 4.23. The number of benzene rings is 1. The number of rotatable bonds is 7. The molecule has 1 unspecified atom stereocenters. The van der Waals surface area contributed by atoms with Gasteiger partial charge in [0.1, 0.15) is 5.75 Å². The Labute approximate surface area is 124 Å². The maximum absolute atomic E-state index is 6.10. The molecule has 1 aromatic carbocycles. The van der Waals surface area contributed by atoms with Gasteiger partial charge in [0, 0.05) is 11.6 Å². The SMILES string of the molecule is CCCNC(Cc1ccc(OC)cc1)c1ccoc1Cl. The Kier molecular flexibility index (Phi) is 5.50. The van der Waals surface area contributed by atoms with Gasteiger partial charge in [-0.05, 0) is 54.7 Å². The molecule has 2 rings (SSSR count). The van der Waals surface area contributed by atoms with E-state index in [1.165, 1.54) is 5.56 Å². The van der Waals surface area contributed by atoms with E-state index in [-0.39, 0.29) is 6.04 Å². The zero-order valence-corrected chi connectivity index (χ0v) is 12.6. The number of furan rings is 1. The van der Waals surface area contributed by atoms with Gasteiger partial charge in [-0.3, -0.25) is 0 Å². The lowest BCUT2D eigenvalue weighted by molar-refractivity contribution is 0.414. The standard InChI is InChI=1S/C16H20ClNO2/c1-3-9-18-15(14-8-10-20-16(14)17)11-12-4-6-13(19-2)7-5-12/h4-8,10,15,18H,3,9,11H2,1-2H3. The van der Waals surface area contributed by atoms with Crippen LogP contribution in [0.4, 0.5) is 0 Å². The highest BCUT2D eigenvalue weighted by Gasteiger charge is 2.16. The molecule has 4 heteroatoms. The van der Waals surface area contributed by atoms with Crippen LogP contribution in [0.2, 0.25) is 5.22 Å². The molecule has 0 aliphatic rings. The highest BCUT2D eigenvalue weighted by molar-refractivity contribution is 6.29. The topological polar surface area (TPSA) is 34.4 Å². The van der Waals surface area contributed by atoms with Crippen LogP contribution >= 0.6 is 11.6 Å². The van der Waals surface area contributed by atoms with E-state index in [2.05, 4.69) is 24.4 Å². The van der Waals surface area contributed by atoms with Crippen molar-refractivity contribution < 1.29 is 9.15 Å². The Morgan fingerprint density at radius 3 is 2.55 bits per heavy atom. The number of methoxy groups -OCH3 is 1. The third kappa shape index (κ3) is 3.78. The third-order valence-electron chi connectivity index (χ3n) is 3.26. The van der Waals surface area contributed by atoms with E-state index < -0.39 is 0 Å². The van der Waals surface area contributed by atoms with Crippen LogP contribution in [-0.4, -0.2) is 13.7 Å². The summed E-state index contributed by atoms with van der Waals surface area (Å²) < 4.78 is 10.4. The highest BCUT2D eigenvalue weighted by Crippen LogP contribution is 2.27. The van der Waals surface area contributed by atoms with Crippen molar-refractivity contribution >= 4 is 11.6 Å². The summed E-state index contributed by atoms with van der Waals surface area (Å²) in [6.07, 6.45) is 3.57. The van der Waals surface area contributed by atoms with Gasteiger partial charge >= 0.3 is 0 Å². The Bertz CT molecular complexity index is 522. The molecule has 1 heterocycles. The molecular formula is C16H20ClNO2. The number of ether oxygens (including phenoxy) is 1. The largest absolute Gasteiger partial charge is 0.497 e. The van der Waals surface area contributed by atoms with Crippen LogP contribution in [-0.2, 0) is 6.42 Å². The summed E-state index contributed by atoms with van der Waals surface area (Å²) in [4.78, 5) is 0. The molecule has 1 N–H and O–H groups in total. The average molecular weight is 294 g/mol. The van der Waals surface area contributed by atoms with Crippen LogP contribution in [0.25, 0.3) is 0 Å². The van der Waals surface area contributed by atoms with Gasteiger partial charge < -0.3 is 14.5 Å². The maximum atomic E-state index is 6.10. The summed E-state index contributed by atoms with van der Waals surface area (Å²) in [5, 5.41) is 3.98. The molecule has 1 aromatic heterocycles. The molecule has 0 saturated heterocycles. The first kappa shape index (κ1) is 14.9. The second kappa shape index (κ2) is 7.36. The van der Waals surface area contributed by atoms with Gasteiger partial charge in [0.25, 0.3) is 0 Å². The van der Waals surface area contributed by atoms with Crippen molar-refractivity contribution in [3.63, 3.8) is 0 Å². The molecule has 0 bridgehead atoms. The summed E-state index contributed by atoms with van der Waals surface area (Å²) in [6, 6.07) is 10.2. The smallest absolute Gasteiger partial charge is 0.197 e. The average Bonchev–Trinajstić information content (AvgIpc) is 2.90. The lowest BCUT2D eigenvalue weighted by atomic mass is 10.0. The molecule has 0 aliphatic carbocycles. The quantitative estimate of drug-likeness (QED) is 0.830. The van der Waals surface area contributed by atoms with E-state index in [4.69, 9.17) is 20.8 Å². The fourth-order valence-corrected chi connectivity index (χ4v) is 2.41. The molecule has 108 valence electrons. The van der Waals surface area contributed by atoms with Crippen molar-refractivity contribution in [3.8, 4) is 5.75 Å². The molecular weight excluding hydrogens is 274 g/mol. The maximum Gasteiger partial charge on any atom is 0.197 e. The molecule has 0 aliphatic heterocycles.